The first kappa shape index (κ1) is 21.9. The van der Waals surface area contributed by atoms with Gasteiger partial charge in [0.1, 0.15) is 12.4 Å². The number of benzene rings is 4. The van der Waals surface area contributed by atoms with Gasteiger partial charge in [0.15, 0.2) is 17.5 Å². The molecule has 36 heavy (non-hydrogen) atoms. The molecule has 1 aliphatic rings. The summed E-state index contributed by atoms with van der Waals surface area (Å²) in [6, 6.07) is 34.7. The molecular weight excluding hydrogens is 442 g/mol. The molecule has 0 saturated heterocycles. The van der Waals surface area contributed by atoms with Gasteiger partial charge in [-0.25, -0.2) is 15.0 Å². The minimum Gasteiger partial charge on any atom is -0.489 e. The number of fused-ring (bicyclic) bond motifs is 2. The van der Waals surface area contributed by atoms with E-state index < -0.39 is 0 Å². The van der Waals surface area contributed by atoms with Gasteiger partial charge in [-0.2, -0.15) is 0 Å². The van der Waals surface area contributed by atoms with Crippen molar-refractivity contribution < 1.29 is 4.74 Å². The Morgan fingerprint density at radius 3 is 1.81 bits per heavy atom. The Morgan fingerprint density at radius 1 is 0.611 bits per heavy atom. The fourth-order valence-electron chi connectivity index (χ4n) is 4.54. The first-order chi connectivity index (χ1) is 17.7. The molecule has 5 aromatic rings. The smallest absolute Gasteiger partial charge is 0.164 e. The highest BCUT2D eigenvalue weighted by atomic mass is 16.5. The number of ether oxygens (including phenoxy) is 1. The minimum absolute atomic E-state index is 0.194. The summed E-state index contributed by atoms with van der Waals surface area (Å²) in [6.45, 7) is 2.70. The highest BCUT2D eigenvalue weighted by Crippen LogP contribution is 2.33. The molecule has 6 rings (SSSR count). The molecule has 4 nitrogen and oxygen atoms in total. The van der Waals surface area contributed by atoms with Crippen molar-refractivity contribution in [1.82, 2.24) is 15.0 Å². The van der Waals surface area contributed by atoms with Gasteiger partial charge in [-0.1, -0.05) is 110 Å². The van der Waals surface area contributed by atoms with Crippen LogP contribution >= 0.6 is 0 Å². The van der Waals surface area contributed by atoms with Crippen molar-refractivity contribution in [3.63, 3.8) is 0 Å². The molecule has 1 unspecified atom stereocenters. The van der Waals surface area contributed by atoms with Crippen LogP contribution in [0.3, 0.4) is 0 Å². The highest BCUT2D eigenvalue weighted by molar-refractivity contribution is 5.68. The van der Waals surface area contributed by atoms with Crippen molar-refractivity contribution in [1.29, 1.82) is 0 Å². The summed E-state index contributed by atoms with van der Waals surface area (Å²) in [5, 5.41) is 2.41. The zero-order valence-corrected chi connectivity index (χ0v) is 20.0. The SMILES string of the molecule is CC1/C=c2/cccc/c2=C/COc2cc(-c3nc(-c4ccccc4)nc(-c4ccccc4)n3)ccc21. The van der Waals surface area contributed by atoms with Crippen LogP contribution in [0.25, 0.3) is 46.3 Å². The maximum Gasteiger partial charge on any atom is 0.164 e. The Kier molecular flexibility index (Phi) is 5.84. The van der Waals surface area contributed by atoms with Crippen molar-refractivity contribution >= 4 is 12.2 Å². The summed E-state index contributed by atoms with van der Waals surface area (Å²) in [5.74, 6) is 2.96. The van der Waals surface area contributed by atoms with Crippen molar-refractivity contribution in [3.05, 3.63) is 119 Å². The third kappa shape index (κ3) is 4.41. The fraction of sp³-hybridized carbons (Fsp3) is 0.0938. The Hall–Kier alpha value is -4.57. The van der Waals surface area contributed by atoms with Crippen LogP contribution in [-0.4, -0.2) is 21.6 Å². The lowest BCUT2D eigenvalue weighted by Crippen LogP contribution is -2.24. The van der Waals surface area contributed by atoms with E-state index in [2.05, 4.69) is 61.5 Å². The van der Waals surface area contributed by atoms with Crippen molar-refractivity contribution in [2.24, 2.45) is 0 Å². The van der Waals surface area contributed by atoms with Crippen LogP contribution in [0.15, 0.2) is 103 Å². The molecule has 0 amide bonds. The summed E-state index contributed by atoms with van der Waals surface area (Å²) < 4.78 is 6.28. The van der Waals surface area contributed by atoms with Crippen LogP contribution in [-0.2, 0) is 0 Å². The van der Waals surface area contributed by atoms with Gasteiger partial charge in [0.25, 0.3) is 0 Å². The van der Waals surface area contributed by atoms with E-state index in [0.717, 1.165) is 28.0 Å². The number of nitrogens with zero attached hydrogens (tertiary/aromatic N) is 3. The molecule has 1 aliphatic heterocycles. The summed E-state index contributed by atoms with van der Waals surface area (Å²) in [5.41, 5.74) is 3.94. The van der Waals surface area contributed by atoms with Gasteiger partial charge < -0.3 is 4.74 Å². The lowest BCUT2D eigenvalue weighted by Gasteiger charge is -2.15. The van der Waals surface area contributed by atoms with E-state index in [-0.39, 0.29) is 5.92 Å². The van der Waals surface area contributed by atoms with Gasteiger partial charge in [-0.3, -0.25) is 0 Å². The number of hydrogen-bond acceptors (Lipinski definition) is 4. The molecule has 0 spiro atoms. The van der Waals surface area contributed by atoms with E-state index in [4.69, 9.17) is 19.7 Å². The largest absolute Gasteiger partial charge is 0.489 e. The lowest BCUT2D eigenvalue weighted by molar-refractivity contribution is 0.370. The van der Waals surface area contributed by atoms with Crippen LogP contribution in [0.1, 0.15) is 18.4 Å². The monoisotopic (exact) mass is 467 g/mol. The molecule has 174 valence electrons. The van der Waals surface area contributed by atoms with E-state index >= 15 is 0 Å². The molecule has 1 aromatic heterocycles. The quantitative estimate of drug-likeness (QED) is 0.345. The van der Waals surface area contributed by atoms with Crippen molar-refractivity contribution in [3.8, 4) is 39.9 Å². The van der Waals surface area contributed by atoms with Gasteiger partial charge >= 0.3 is 0 Å². The topological polar surface area (TPSA) is 47.9 Å². The Morgan fingerprint density at radius 2 is 1.17 bits per heavy atom. The molecule has 0 aliphatic carbocycles. The fourth-order valence-corrected chi connectivity index (χ4v) is 4.54. The minimum atomic E-state index is 0.194. The van der Waals surface area contributed by atoms with Crippen LogP contribution in [0.4, 0.5) is 0 Å². The zero-order valence-electron chi connectivity index (χ0n) is 20.0. The second-order valence-electron chi connectivity index (χ2n) is 8.89. The molecule has 0 fully saturated rings. The molecule has 1 atom stereocenters. The van der Waals surface area contributed by atoms with Crippen molar-refractivity contribution in [2.45, 2.75) is 12.8 Å². The number of hydrogen-bond donors (Lipinski definition) is 0. The van der Waals surface area contributed by atoms with Crippen molar-refractivity contribution in [2.75, 3.05) is 6.61 Å². The number of rotatable bonds is 3. The maximum absolute atomic E-state index is 6.28. The van der Waals surface area contributed by atoms with Crippen LogP contribution < -0.4 is 15.2 Å². The van der Waals surface area contributed by atoms with Gasteiger partial charge in [0.05, 0.1) is 0 Å². The number of aromatic nitrogens is 3. The van der Waals surface area contributed by atoms with E-state index in [0.29, 0.717) is 24.1 Å². The predicted molar refractivity (Wildman–Crippen MR) is 145 cm³/mol. The Bertz CT molecular complexity index is 1590. The van der Waals surface area contributed by atoms with Crippen LogP contribution in [0.2, 0.25) is 0 Å². The molecule has 4 heteroatoms. The van der Waals surface area contributed by atoms with Gasteiger partial charge in [0, 0.05) is 28.2 Å². The second kappa shape index (κ2) is 9.59. The molecule has 0 bridgehead atoms. The lowest BCUT2D eigenvalue weighted by atomic mass is 9.97. The molecule has 2 heterocycles. The van der Waals surface area contributed by atoms with Gasteiger partial charge in [-0.15, -0.1) is 0 Å². The Labute approximate surface area is 210 Å². The second-order valence-corrected chi connectivity index (χ2v) is 8.89. The van der Waals surface area contributed by atoms with E-state index in [1.165, 1.54) is 10.4 Å². The first-order valence-corrected chi connectivity index (χ1v) is 12.2. The highest BCUT2D eigenvalue weighted by Gasteiger charge is 2.16. The Balaban J connectivity index is 1.47. The zero-order chi connectivity index (χ0) is 24.3. The third-order valence-electron chi connectivity index (χ3n) is 6.43. The average Bonchev–Trinajstić information content (AvgIpc) is 3.01. The molecular formula is C32H25N3O. The van der Waals surface area contributed by atoms with Gasteiger partial charge in [-0.05, 0) is 22.6 Å². The molecule has 0 radical (unpaired) electrons. The summed E-state index contributed by atoms with van der Waals surface area (Å²) >= 11 is 0. The first-order valence-electron chi connectivity index (χ1n) is 12.2. The van der Waals surface area contributed by atoms with E-state index in [1.807, 2.05) is 60.7 Å². The van der Waals surface area contributed by atoms with Gasteiger partial charge in [0.2, 0.25) is 0 Å². The standard InChI is InChI=1S/C32H25N3O/c1-22-20-26-15-9-8-10-23(26)18-19-36-29-21-27(16-17-28(22)29)32-34-30(24-11-4-2-5-12-24)33-31(35-32)25-13-6-3-7-14-25/h2-18,20-22H,19H2,1H3/b23-18-,26-20-. The molecule has 0 saturated carbocycles. The molecule has 0 N–H and O–H groups in total. The predicted octanol–water partition coefficient (Wildman–Crippen LogP) is 5.63. The molecule has 4 aromatic carbocycles. The normalized spacial score (nSPS) is 16.4. The van der Waals surface area contributed by atoms with Crippen LogP contribution in [0, 0.1) is 0 Å². The summed E-state index contributed by atoms with van der Waals surface area (Å²) in [6.07, 6.45) is 4.42. The van der Waals surface area contributed by atoms with E-state index in [1.54, 1.807) is 0 Å². The third-order valence-corrected chi connectivity index (χ3v) is 6.43. The maximum atomic E-state index is 6.28. The van der Waals surface area contributed by atoms with E-state index in [9.17, 15) is 0 Å². The summed E-state index contributed by atoms with van der Waals surface area (Å²) in [4.78, 5) is 14.5. The average molecular weight is 468 g/mol. The summed E-state index contributed by atoms with van der Waals surface area (Å²) in [7, 11) is 0. The van der Waals surface area contributed by atoms with Crippen LogP contribution in [0.5, 0.6) is 5.75 Å².